The molecule has 0 aliphatic carbocycles. The van der Waals surface area contributed by atoms with Crippen molar-refractivity contribution < 1.29 is 14.3 Å². The monoisotopic (exact) mass is 329 g/mol. The van der Waals surface area contributed by atoms with E-state index in [2.05, 4.69) is 10.5 Å². The van der Waals surface area contributed by atoms with Gasteiger partial charge in [-0.15, -0.1) is 0 Å². The number of methoxy groups -OCH3 is 2. The van der Waals surface area contributed by atoms with Gasteiger partial charge >= 0.3 is 0 Å². The van der Waals surface area contributed by atoms with Gasteiger partial charge in [-0.05, 0) is 31.2 Å². The van der Waals surface area contributed by atoms with Gasteiger partial charge in [0.25, 0.3) is 11.5 Å². The van der Waals surface area contributed by atoms with Gasteiger partial charge in [0.15, 0.2) is 0 Å². The number of nitrogens with zero attached hydrogens (tertiary/aromatic N) is 2. The Balaban J connectivity index is 2.15. The fourth-order valence-electron chi connectivity index (χ4n) is 2.10. The van der Waals surface area contributed by atoms with Gasteiger partial charge in [-0.3, -0.25) is 9.59 Å². The lowest BCUT2D eigenvalue weighted by Crippen LogP contribution is -2.30. The van der Waals surface area contributed by atoms with Crippen LogP contribution in [0.3, 0.4) is 0 Å². The van der Waals surface area contributed by atoms with Crippen LogP contribution in [0.4, 0.5) is 0 Å². The van der Waals surface area contributed by atoms with Crippen molar-refractivity contribution in [3.05, 3.63) is 58.0 Å². The highest BCUT2D eigenvalue weighted by molar-refractivity contribution is 5.94. The SMILES string of the molecule is CCn1cccc(C(=O)N/N=C\c2ccc(OC)cc2OC)c1=O. The summed E-state index contributed by atoms with van der Waals surface area (Å²) in [5, 5.41) is 3.89. The lowest BCUT2D eigenvalue weighted by molar-refractivity contribution is 0.0953. The van der Waals surface area contributed by atoms with Crippen LogP contribution in [-0.4, -0.2) is 30.9 Å². The first-order valence-corrected chi connectivity index (χ1v) is 7.35. The van der Waals surface area contributed by atoms with E-state index in [9.17, 15) is 9.59 Å². The number of aryl methyl sites for hydroxylation is 1. The van der Waals surface area contributed by atoms with Crippen LogP contribution in [-0.2, 0) is 6.54 Å². The van der Waals surface area contributed by atoms with Crippen LogP contribution in [0.1, 0.15) is 22.8 Å². The van der Waals surface area contributed by atoms with Crippen molar-refractivity contribution in [2.75, 3.05) is 14.2 Å². The summed E-state index contributed by atoms with van der Waals surface area (Å²) >= 11 is 0. The number of pyridine rings is 1. The van der Waals surface area contributed by atoms with Crippen molar-refractivity contribution in [1.82, 2.24) is 9.99 Å². The Labute approximate surface area is 139 Å². The largest absolute Gasteiger partial charge is 0.497 e. The van der Waals surface area contributed by atoms with Crippen LogP contribution in [0.5, 0.6) is 11.5 Å². The fraction of sp³-hybridized carbons (Fsp3) is 0.235. The highest BCUT2D eigenvalue weighted by atomic mass is 16.5. The molecule has 0 aliphatic heterocycles. The van der Waals surface area contributed by atoms with Crippen molar-refractivity contribution >= 4 is 12.1 Å². The number of carbonyl (C=O) groups excluding carboxylic acids is 1. The standard InChI is InChI=1S/C17H19N3O4/c1-4-20-9-5-6-14(17(20)22)16(21)19-18-11-12-7-8-13(23-2)10-15(12)24-3/h5-11H,4H2,1-3H3,(H,19,21)/b18-11-. The van der Waals surface area contributed by atoms with Gasteiger partial charge in [-0.1, -0.05) is 0 Å². The molecule has 24 heavy (non-hydrogen) atoms. The number of ether oxygens (including phenoxy) is 2. The van der Waals surface area contributed by atoms with Gasteiger partial charge in [-0.2, -0.15) is 5.10 Å². The van der Waals surface area contributed by atoms with Gasteiger partial charge in [0.05, 0.1) is 20.4 Å². The number of rotatable bonds is 6. The summed E-state index contributed by atoms with van der Waals surface area (Å²) in [5.74, 6) is 0.643. The maximum atomic E-state index is 12.1. The van der Waals surface area contributed by atoms with Crippen molar-refractivity contribution in [1.29, 1.82) is 0 Å². The molecule has 1 aromatic carbocycles. The van der Waals surface area contributed by atoms with Crippen LogP contribution >= 0.6 is 0 Å². The van der Waals surface area contributed by atoms with E-state index < -0.39 is 5.91 Å². The lowest BCUT2D eigenvalue weighted by atomic mass is 10.2. The Bertz CT molecular complexity index is 812. The number of aromatic nitrogens is 1. The molecule has 0 saturated heterocycles. The minimum Gasteiger partial charge on any atom is -0.497 e. The number of carbonyl (C=O) groups is 1. The van der Waals surface area contributed by atoms with Crippen LogP contribution in [0.2, 0.25) is 0 Å². The summed E-state index contributed by atoms with van der Waals surface area (Å²) < 4.78 is 11.8. The van der Waals surface area contributed by atoms with E-state index in [1.165, 1.54) is 24.0 Å². The van der Waals surface area contributed by atoms with E-state index in [0.29, 0.717) is 23.6 Å². The van der Waals surface area contributed by atoms with Gasteiger partial charge in [0, 0.05) is 24.4 Å². The second kappa shape index (κ2) is 7.96. The second-order valence-corrected chi connectivity index (χ2v) is 4.82. The lowest BCUT2D eigenvalue weighted by Gasteiger charge is -2.07. The highest BCUT2D eigenvalue weighted by Gasteiger charge is 2.10. The molecule has 0 aliphatic rings. The van der Waals surface area contributed by atoms with Crippen LogP contribution in [0.25, 0.3) is 0 Å². The van der Waals surface area contributed by atoms with E-state index >= 15 is 0 Å². The number of hydrogen-bond donors (Lipinski definition) is 1. The zero-order valence-electron chi connectivity index (χ0n) is 13.8. The summed E-state index contributed by atoms with van der Waals surface area (Å²) in [4.78, 5) is 24.2. The number of amides is 1. The molecule has 0 bridgehead atoms. The summed E-state index contributed by atoms with van der Waals surface area (Å²) in [6.07, 6.45) is 3.07. The van der Waals surface area contributed by atoms with Gasteiger partial charge < -0.3 is 14.0 Å². The normalized spacial score (nSPS) is 10.6. The van der Waals surface area contributed by atoms with Crippen molar-refractivity contribution in [3.8, 4) is 11.5 Å². The summed E-state index contributed by atoms with van der Waals surface area (Å²) in [6, 6.07) is 8.33. The predicted octanol–water partition coefficient (Wildman–Crippen LogP) is 1.65. The van der Waals surface area contributed by atoms with E-state index in [1.54, 1.807) is 37.6 Å². The van der Waals surface area contributed by atoms with Crippen molar-refractivity contribution in [3.63, 3.8) is 0 Å². The Hall–Kier alpha value is -3.09. The molecule has 0 atom stereocenters. The van der Waals surface area contributed by atoms with Crippen LogP contribution in [0.15, 0.2) is 46.4 Å². The van der Waals surface area contributed by atoms with E-state index in [-0.39, 0.29) is 11.1 Å². The first-order chi connectivity index (χ1) is 11.6. The minimum atomic E-state index is -0.563. The molecular formula is C17H19N3O4. The average molecular weight is 329 g/mol. The second-order valence-electron chi connectivity index (χ2n) is 4.82. The molecule has 0 fully saturated rings. The third-order valence-electron chi connectivity index (χ3n) is 3.42. The number of benzene rings is 1. The molecule has 7 nitrogen and oxygen atoms in total. The molecule has 0 radical (unpaired) electrons. The third-order valence-corrected chi connectivity index (χ3v) is 3.42. The fourth-order valence-corrected chi connectivity index (χ4v) is 2.10. The van der Waals surface area contributed by atoms with E-state index in [0.717, 1.165) is 0 Å². The molecule has 1 aromatic heterocycles. The Kier molecular flexibility index (Phi) is 5.73. The van der Waals surface area contributed by atoms with Gasteiger partial charge in [0.1, 0.15) is 17.1 Å². The predicted molar refractivity (Wildman–Crippen MR) is 91.0 cm³/mol. The van der Waals surface area contributed by atoms with Gasteiger partial charge in [0.2, 0.25) is 0 Å². The quantitative estimate of drug-likeness (QED) is 0.645. The van der Waals surface area contributed by atoms with Gasteiger partial charge in [-0.25, -0.2) is 5.43 Å². The first kappa shape index (κ1) is 17.3. The maximum absolute atomic E-state index is 12.1. The van der Waals surface area contributed by atoms with E-state index in [4.69, 9.17) is 9.47 Å². The van der Waals surface area contributed by atoms with Crippen LogP contribution < -0.4 is 20.5 Å². The zero-order valence-corrected chi connectivity index (χ0v) is 13.8. The molecule has 2 aromatic rings. The molecule has 0 saturated carbocycles. The van der Waals surface area contributed by atoms with Crippen LogP contribution in [0, 0.1) is 0 Å². The molecule has 7 heteroatoms. The molecular weight excluding hydrogens is 310 g/mol. The smallest absolute Gasteiger partial charge is 0.276 e. The molecule has 1 amide bonds. The molecule has 0 unspecified atom stereocenters. The number of hydrogen-bond acceptors (Lipinski definition) is 5. The summed E-state index contributed by atoms with van der Waals surface area (Å²) in [7, 11) is 3.09. The molecule has 2 rings (SSSR count). The first-order valence-electron chi connectivity index (χ1n) is 7.35. The third kappa shape index (κ3) is 3.81. The van der Waals surface area contributed by atoms with Crippen molar-refractivity contribution in [2.24, 2.45) is 5.10 Å². The summed E-state index contributed by atoms with van der Waals surface area (Å²) in [5.41, 5.74) is 2.70. The highest BCUT2D eigenvalue weighted by Crippen LogP contribution is 2.22. The Morgan fingerprint density at radius 2 is 2.08 bits per heavy atom. The molecule has 0 spiro atoms. The van der Waals surface area contributed by atoms with E-state index in [1.807, 2.05) is 6.92 Å². The minimum absolute atomic E-state index is 0.0400. The number of hydrazone groups is 1. The Morgan fingerprint density at radius 1 is 1.29 bits per heavy atom. The summed E-state index contributed by atoms with van der Waals surface area (Å²) in [6.45, 7) is 2.32. The van der Waals surface area contributed by atoms with Crippen molar-refractivity contribution in [2.45, 2.75) is 13.5 Å². The Morgan fingerprint density at radius 3 is 2.75 bits per heavy atom. The molecule has 126 valence electrons. The maximum Gasteiger partial charge on any atom is 0.276 e. The average Bonchev–Trinajstić information content (AvgIpc) is 2.61. The zero-order chi connectivity index (χ0) is 17.5. The number of nitrogens with one attached hydrogen (secondary N) is 1. The molecule has 1 heterocycles. The topological polar surface area (TPSA) is 81.9 Å². The molecule has 1 N–H and O–H groups in total.